The van der Waals surface area contributed by atoms with Crippen molar-refractivity contribution in [2.75, 3.05) is 0 Å². The van der Waals surface area contributed by atoms with E-state index in [4.69, 9.17) is 0 Å². The zero-order valence-corrected chi connectivity index (χ0v) is 11.9. The largest absolute Gasteiger partial charge is 0.508 e. The number of halogens is 1. The van der Waals surface area contributed by atoms with Crippen molar-refractivity contribution in [2.24, 2.45) is 0 Å². The quantitative estimate of drug-likeness (QED) is 0.892. The van der Waals surface area contributed by atoms with Gasteiger partial charge in [-0.2, -0.15) is 11.3 Å². The Morgan fingerprint density at radius 3 is 2.94 bits per heavy atom. The minimum absolute atomic E-state index is 0.291. The monoisotopic (exact) mass is 311 g/mol. The van der Waals surface area contributed by atoms with E-state index >= 15 is 0 Å². The first-order chi connectivity index (χ1) is 8.16. The Bertz CT molecular complexity index is 484. The van der Waals surface area contributed by atoms with Gasteiger partial charge < -0.3 is 10.4 Å². The Morgan fingerprint density at radius 1 is 1.41 bits per heavy atom. The van der Waals surface area contributed by atoms with Crippen LogP contribution >= 0.6 is 27.3 Å². The molecule has 0 saturated carbocycles. The summed E-state index contributed by atoms with van der Waals surface area (Å²) in [6, 6.07) is 7.88. The van der Waals surface area contributed by atoms with Crippen molar-refractivity contribution in [3.8, 4) is 5.75 Å². The number of phenolic OH excluding ortho intramolecular Hbond substituents is 1. The maximum Gasteiger partial charge on any atom is 0.120 e. The van der Waals surface area contributed by atoms with Crippen LogP contribution in [-0.2, 0) is 6.54 Å². The van der Waals surface area contributed by atoms with Gasteiger partial charge in [0.25, 0.3) is 0 Å². The third kappa shape index (κ3) is 3.31. The van der Waals surface area contributed by atoms with E-state index in [2.05, 4.69) is 45.0 Å². The molecule has 1 heterocycles. The minimum atomic E-state index is 0.291. The molecule has 0 saturated heterocycles. The van der Waals surface area contributed by atoms with Crippen LogP contribution in [0.2, 0.25) is 0 Å². The lowest BCUT2D eigenvalue weighted by Crippen LogP contribution is -2.17. The second-order valence-corrected chi connectivity index (χ2v) is 5.63. The lowest BCUT2D eigenvalue weighted by molar-refractivity contribution is 0.460. The number of benzene rings is 1. The van der Waals surface area contributed by atoms with Gasteiger partial charge in [-0.25, -0.2) is 0 Å². The minimum Gasteiger partial charge on any atom is -0.508 e. The highest BCUT2D eigenvalue weighted by Crippen LogP contribution is 2.23. The summed E-state index contributed by atoms with van der Waals surface area (Å²) in [4.78, 5) is 0. The van der Waals surface area contributed by atoms with Gasteiger partial charge in [-0.15, -0.1) is 0 Å². The molecule has 2 aromatic rings. The van der Waals surface area contributed by atoms with E-state index in [1.54, 1.807) is 17.4 Å². The van der Waals surface area contributed by atoms with E-state index in [9.17, 15) is 5.11 Å². The second-order valence-electron chi connectivity index (χ2n) is 3.93. The van der Waals surface area contributed by atoms with Crippen LogP contribution in [0.3, 0.4) is 0 Å². The average Bonchev–Trinajstić information content (AvgIpc) is 2.83. The highest BCUT2D eigenvalue weighted by Gasteiger charge is 2.07. The molecule has 0 fully saturated rings. The average molecular weight is 312 g/mol. The van der Waals surface area contributed by atoms with Gasteiger partial charge in [0.05, 0.1) is 0 Å². The summed E-state index contributed by atoms with van der Waals surface area (Å²) in [5, 5.41) is 17.3. The summed E-state index contributed by atoms with van der Waals surface area (Å²) in [6.07, 6.45) is 0. The molecule has 0 aliphatic rings. The number of aromatic hydroxyl groups is 1. The summed E-state index contributed by atoms with van der Waals surface area (Å²) in [5.74, 6) is 0.332. The van der Waals surface area contributed by atoms with Crippen LogP contribution in [0.15, 0.2) is 39.5 Å². The van der Waals surface area contributed by atoms with E-state index in [0.717, 1.165) is 10.0 Å². The van der Waals surface area contributed by atoms with Crippen molar-refractivity contribution in [3.05, 3.63) is 50.6 Å². The highest BCUT2D eigenvalue weighted by atomic mass is 79.9. The van der Waals surface area contributed by atoms with Gasteiger partial charge in [0.15, 0.2) is 0 Å². The van der Waals surface area contributed by atoms with E-state index in [1.165, 1.54) is 5.56 Å². The summed E-state index contributed by atoms with van der Waals surface area (Å²) >= 11 is 5.10. The van der Waals surface area contributed by atoms with Gasteiger partial charge in [0.2, 0.25) is 0 Å². The van der Waals surface area contributed by atoms with Crippen LogP contribution in [-0.4, -0.2) is 5.11 Å². The van der Waals surface area contributed by atoms with Crippen molar-refractivity contribution in [1.29, 1.82) is 0 Å². The fourth-order valence-corrected chi connectivity index (χ4v) is 2.76. The molecule has 1 aromatic heterocycles. The molecule has 1 atom stereocenters. The molecule has 2 nitrogen and oxygen atoms in total. The number of phenols is 1. The molecular formula is C13H14BrNOS. The van der Waals surface area contributed by atoms with Crippen molar-refractivity contribution < 1.29 is 5.11 Å². The number of thiophene rings is 1. The van der Waals surface area contributed by atoms with Crippen molar-refractivity contribution in [2.45, 2.75) is 19.5 Å². The van der Waals surface area contributed by atoms with Gasteiger partial charge in [0.1, 0.15) is 5.75 Å². The summed E-state index contributed by atoms with van der Waals surface area (Å²) in [7, 11) is 0. The van der Waals surface area contributed by atoms with Crippen molar-refractivity contribution in [3.63, 3.8) is 0 Å². The van der Waals surface area contributed by atoms with Crippen LogP contribution in [0, 0.1) is 0 Å². The first-order valence-corrected chi connectivity index (χ1v) is 7.13. The Balaban J connectivity index is 2.00. The Labute approximate surface area is 113 Å². The maximum absolute atomic E-state index is 9.72. The van der Waals surface area contributed by atoms with Crippen LogP contribution in [0.4, 0.5) is 0 Å². The summed E-state index contributed by atoms with van der Waals surface area (Å²) < 4.78 is 0.982. The molecule has 0 radical (unpaired) electrons. The molecule has 4 heteroatoms. The molecule has 2 N–H and O–H groups in total. The van der Waals surface area contributed by atoms with Gasteiger partial charge >= 0.3 is 0 Å². The third-order valence-corrected chi connectivity index (χ3v) is 3.88. The zero-order valence-electron chi connectivity index (χ0n) is 9.48. The molecule has 0 amide bonds. The molecule has 0 spiro atoms. The summed E-state index contributed by atoms with van der Waals surface area (Å²) in [5.41, 5.74) is 2.19. The Hall–Kier alpha value is -0.840. The number of rotatable bonds is 4. The lowest BCUT2D eigenvalue weighted by atomic mass is 10.1. The number of hydrogen-bond donors (Lipinski definition) is 2. The van der Waals surface area contributed by atoms with Gasteiger partial charge in [-0.1, -0.05) is 15.9 Å². The topological polar surface area (TPSA) is 32.3 Å². The number of hydrogen-bond acceptors (Lipinski definition) is 3. The highest BCUT2D eigenvalue weighted by molar-refractivity contribution is 9.10. The molecule has 2 rings (SSSR count). The summed E-state index contributed by atoms with van der Waals surface area (Å²) in [6.45, 7) is 2.78. The van der Waals surface area contributed by atoms with Crippen LogP contribution in [0.1, 0.15) is 24.1 Å². The number of nitrogens with one attached hydrogen (secondary N) is 1. The molecule has 17 heavy (non-hydrogen) atoms. The second kappa shape index (κ2) is 5.67. The molecule has 0 aliphatic heterocycles. The molecule has 1 unspecified atom stereocenters. The van der Waals surface area contributed by atoms with Crippen molar-refractivity contribution in [1.82, 2.24) is 5.32 Å². The van der Waals surface area contributed by atoms with E-state index < -0.39 is 0 Å². The van der Waals surface area contributed by atoms with Crippen molar-refractivity contribution >= 4 is 27.3 Å². The third-order valence-electron chi connectivity index (χ3n) is 2.68. The maximum atomic E-state index is 9.72. The molecule has 0 aliphatic carbocycles. The lowest BCUT2D eigenvalue weighted by Gasteiger charge is -2.13. The molecular weight excluding hydrogens is 298 g/mol. The first kappa shape index (κ1) is 12.6. The SMILES string of the molecule is CC(NCc1cc(Br)ccc1O)c1ccsc1. The standard InChI is InChI=1S/C13H14BrNOS/c1-9(10-4-5-17-8-10)15-7-11-6-12(14)2-3-13(11)16/h2-6,8-9,15-16H,7H2,1H3. The molecule has 90 valence electrons. The smallest absolute Gasteiger partial charge is 0.120 e. The molecule has 0 bridgehead atoms. The van der Waals surface area contributed by atoms with Crippen LogP contribution in [0.25, 0.3) is 0 Å². The van der Waals surface area contributed by atoms with Gasteiger partial charge in [0, 0.05) is 22.6 Å². The predicted octanol–water partition coefficient (Wildman–Crippen LogP) is 4.07. The predicted molar refractivity (Wildman–Crippen MR) is 75.4 cm³/mol. The van der Waals surface area contributed by atoms with E-state index in [0.29, 0.717) is 18.3 Å². The van der Waals surface area contributed by atoms with Crippen LogP contribution in [0.5, 0.6) is 5.75 Å². The Morgan fingerprint density at radius 2 is 2.24 bits per heavy atom. The van der Waals surface area contributed by atoms with Gasteiger partial charge in [-0.3, -0.25) is 0 Å². The molecule has 1 aromatic carbocycles. The van der Waals surface area contributed by atoms with E-state index in [1.807, 2.05) is 12.1 Å². The normalized spacial score (nSPS) is 12.6. The van der Waals surface area contributed by atoms with E-state index in [-0.39, 0.29) is 0 Å². The fraction of sp³-hybridized carbons (Fsp3) is 0.231. The Kier molecular flexibility index (Phi) is 4.20. The zero-order chi connectivity index (χ0) is 12.3. The van der Waals surface area contributed by atoms with Gasteiger partial charge in [-0.05, 0) is 47.5 Å². The fourth-order valence-electron chi connectivity index (χ4n) is 1.60. The van der Waals surface area contributed by atoms with Crippen LogP contribution < -0.4 is 5.32 Å². The first-order valence-electron chi connectivity index (χ1n) is 5.39.